The van der Waals surface area contributed by atoms with Gasteiger partial charge in [-0.1, -0.05) is 49.5 Å². The summed E-state index contributed by atoms with van der Waals surface area (Å²) in [6, 6.07) is 7.27. The van der Waals surface area contributed by atoms with Crippen LogP contribution in [0.25, 0.3) is 0 Å². The maximum absolute atomic E-state index is 12.0. The molecule has 0 spiro atoms. The fourth-order valence-electron chi connectivity index (χ4n) is 3.34. The van der Waals surface area contributed by atoms with Crippen LogP contribution < -0.4 is 0 Å². The maximum Gasteiger partial charge on any atom is 0.311 e. The molecule has 0 bridgehead atoms. The summed E-state index contributed by atoms with van der Waals surface area (Å²) in [4.78, 5) is 22.2. The predicted octanol–water partition coefficient (Wildman–Crippen LogP) is 5.96. The summed E-state index contributed by atoms with van der Waals surface area (Å²) in [6.45, 7) is 2.11. The molecule has 0 amide bonds. The molecule has 0 saturated carbocycles. The van der Waals surface area contributed by atoms with Gasteiger partial charge in [-0.25, -0.2) is 0 Å². The molecule has 4 nitrogen and oxygen atoms in total. The molecule has 1 aliphatic rings. The van der Waals surface area contributed by atoms with Crippen molar-refractivity contribution in [2.24, 2.45) is 0 Å². The number of phenolic OH excluding ortho intramolecular Hbond substituents is 1. The number of carbonyl (C=O) groups is 2. The molecule has 1 N–H and O–H groups in total. The number of esters is 1. The summed E-state index contributed by atoms with van der Waals surface area (Å²) in [7, 11) is 0. The Morgan fingerprint density at radius 2 is 1.72 bits per heavy atom. The van der Waals surface area contributed by atoms with Gasteiger partial charge in [0.1, 0.15) is 17.8 Å². The minimum atomic E-state index is -0.171. The van der Waals surface area contributed by atoms with E-state index in [1.807, 2.05) is 30.4 Å². The van der Waals surface area contributed by atoms with Crippen LogP contribution in [-0.4, -0.2) is 17.4 Å². The minimum Gasteiger partial charge on any atom is -0.508 e. The van der Waals surface area contributed by atoms with Crippen LogP contribution in [0.15, 0.2) is 59.4 Å². The number of hydrogen-bond acceptors (Lipinski definition) is 4. The monoisotopic (exact) mass is 396 g/mol. The first-order valence-electron chi connectivity index (χ1n) is 10.6. The van der Waals surface area contributed by atoms with E-state index in [1.54, 1.807) is 12.1 Å². The third-order valence-corrected chi connectivity index (χ3v) is 5.11. The van der Waals surface area contributed by atoms with Crippen LogP contribution in [0.1, 0.15) is 70.3 Å². The zero-order chi connectivity index (χ0) is 20.9. The molecule has 0 heterocycles. The molecule has 0 radical (unpaired) electrons. The number of hydrogen-bond donors (Lipinski definition) is 1. The van der Waals surface area contributed by atoms with Crippen molar-refractivity contribution in [3.05, 3.63) is 65.0 Å². The van der Waals surface area contributed by atoms with E-state index >= 15 is 0 Å². The number of unbranched alkanes of at least 4 members (excludes halogenated alkanes) is 6. The van der Waals surface area contributed by atoms with Crippen LogP contribution in [0.4, 0.5) is 0 Å². The molecule has 0 atom stereocenters. The SMILES string of the molecule is CC(Cc1ccc(O)cc1)=C1C=CC(OC(=O)CCCCCCCCC=O)=CC1. The predicted molar refractivity (Wildman–Crippen MR) is 115 cm³/mol. The molecule has 0 fully saturated rings. The van der Waals surface area contributed by atoms with Crippen molar-refractivity contribution in [3.63, 3.8) is 0 Å². The maximum atomic E-state index is 12.0. The average molecular weight is 397 g/mol. The van der Waals surface area contributed by atoms with Crippen molar-refractivity contribution in [3.8, 4) is 5.75 Å². The zero-order valence-electron chi connectivity index (χ0n) is 17.4. The first-order chi connectivity index (χ1) is 14.1. The van der Waals surface area contributed by atoms with E-state index in [9.17, 15) is 14.7 Å². The summed E-state index contributed by atoms with van der Waals surface area (Å²) in [5.41, 5.74) is 3.65. The summed E-state index contributed by atoms with van der Waals surface area (Å²) >= 11 is 0. The normalized spacial score (nSPS) is 15.0. The number of carbonyl (C=O) groups excluding carboxylic acids is 2. The molecule has 29 heavy (non-hydrogen) atoms. The van der Waals surface area contributed by atoms with E-state index in [-0.39, 0.29) is 11.7 Å². The molecule has 0 saturated heterocycles. The molecule has 4 heteroatoms. The molecule has 0 aliphatic heterocycles. The Balaban J connectivity index is 1.67. The van der Waals surface area contributed by atoms with Gasteiger partial charge in [0.25, 0.3) is 0 Å². The Bertz CT molecular complexity index is 754. The van der Waals surface area contributed by atoms with Gasteiger partial charge >= 0.3 is 5.97 Å². The summed E-state index contributed by atoms with van der Waals surface area (Å²) < 4.78 is 5.46. The van der Waals surface area contributed by atoms with Gasteiger partial charge in [0, 0.05) is 12.8 Å². The molecule has 2 rings (SSSR count). The van der Waals surface area contributed by atoms with Crippen molar-refractivity contribution in [2.45, 2.75) is 71.1 Å². The van der Waals surface area contributed by atoms with Crippen LogP contribution in [0.3, 0.4) is 0 Å². The number of allylic oxidation sites excluding steroid dienone is 5. The lowest BCUT2D eigenvalue weighted by Crippen LogP contribution is -2.05. The van der Waals surface area contributed by atoms with Crippen LogP contribution in [0.5, 0.6) is 5.75 Å². The third-order valence-electron chi connectivity index (χ3n) is 5.11. The quantitative estimate of drug-likeness (QED) is 0.269. The van der Waals surface area contributed by atoms with E-state index in [2.05, 4.69) is 6.92 Å². The number of aromatic hydroxyl groups is 1. The fourth-order valence-corrected chi connectivity index (χ4v) is 3.34. The van der Waals surface area contributed by atoms with Gasteiger partial charge in [0.15, 0.2) is 0 Å². The van der Waals surface area contributed by atoms with Crippen LogP contribution >= 0.6 is 0 Å². The van der Waals surface area contributed by atoms with E-state index in [4.69, 9.17) is 4.74 Å². The lowest BCUT2D eigenvalue weighted by molar-refractivity contribution is -0.139. The molecule has 1 aromatic rings. The Labute approximate surface area is 174 Å². The molecule has 1 aliphatic carbocycles. The van der Waals surface area contributed by atoms with Gasteiger partial charge in [-0.05, 0) is 68.0 Å². The van der Waals surface area contributed by atoms with Crippen LogP contribution in [0, 0.1) is 0 Å². The molecule has 0 aromatic heterocycles. The average Bonchev–Trinajstić information content (AvgIpc) is 2.72. The van der Waals surface area contributed by atoms with Crippen molar-refractivity contribution in [1.82, 2.24) is 0 Å². The van der Waals surface area contributed by atoms with Gasteiger partial charge in [-0.3, -0.25) is 4.79 Å². The van der Waals surface area contributed by atoms with Crippen LogP contribution in [0.2, 0.25) is 0 Å². The highest BCUT2D eigenvalue weighted by atomic mass is 16.5. The van der Waals surface area contributed by atoms with E-state index in [0.717, 1.165) is 63.2 Å². The number of benzene rings is 1. The van der Waals surface area contributed by atoms with Gasteiger partial charge < -0.3 is 14.6 Å². The number of ether oxygens (including phenoxy) is 1. The van der Waals surface area contributed by atoms with Crippen molar-refractivity contribution in [2.75, 3.05) is 0 Å². The van der Waals surface area contributed by atoms with Gasteiger partial charge in [-0.2, -0.15) is 0 Å². The molecule has 156 valence electrons. The largest absolute Gasteiger partial charge is 0.508 e. The van der Waals surface area contributed by atoms with Gasteiger partial charge in [0.05, 0.1) is 0 Å². The van der Waals surface area contributed by atoms with Gasteiger partial charge in [0.2, 0.25) is 0 Å². The van der Waals surface area contributed by atoms with Crippen molar-refractivity contribution < 1.29 is 19.4 Å². The number of rotatable bonds is 12. The first-order valence-corrected chi connectivity index (χ1v) is 10.6. The third kappa shape index (κ3) is 8.95. The van der Waals surface area contributed by atoms with E-state index in [0.29, 0.717) is 18.6 Å². The minimum absolute atomic E-state index is 0.171. The first kappa shape index (κ1) is 22.7. The highest BCUT2D eigenvalue weighted by Crippen LogP contribution is 2.23. The van der Waals surface area contributed by atoms with Crippen LogP contribution in [-0.2, 0) is 20.7 Å². The lowest BCUT2D eigenvalue weighted by Gasteiger charge is -2.13. The second kappa shape index (κ2) is 12.8. The molecule has 1 aromatic carbocycles. The summed E-state index contributed by atoms with van der Waals surface area (Å²) in [6.07, 6.45) is 15.7. The molecular weight excluding hydrogens is 364 g/mol. The topological polar surface area (TPSA) is 63.6 Å². The lowest BCUT2D eigenvalue weighted by atomic mass is 9.96. The second-order valence-electron chi connectivity index (χ2n) is 7.59. The highest BCUT2D eigenvalue weighted by molar-refractivity contribution is 5.71. The Morgan fingerprint density at radius 1 is 1.03 bits per heavy atom. The number of phenols is 1. The molecular formula is C25H32O4. The van der Waals surface area contributed by atoms with Crippen molar-refractivity contribution >= 4 is 12.3 Å². The van der Waals surface area contributed by atoms with Crippen molar-refractivity contribution in [1.29, 1.82) is 0 Å². The van der Waals surface area contributed by atoms with E-state index < -0.39 is 0 Å². The zero-order valence-corrected chi connectivity index (χ0v) is 17.4. The Morgan fingerprint density at radius 3 is 2.38 bits per heavy atom. The smallest absolute Gasteiger partial charge is 0.311 e. The van der Waals surface area contributed by atoms with E-state index in [1.165, 1.54) is 11.1 Å². The second-order valence-corrected chi connectivity index (χ2v) is 7.59. The van der Waals surface area contributed by atoms with Gasteiger partial charge in [-0.15, -0.1) is 0 Å². The Hall–Kier alpha value is -2.62. The molecule has 0 unspecified atom stereocenters. The fraction of sp³-hybridized carbons (Fsp3) is 0.440. The highest BCUT2D eigenvalue weighted by Gasteiger charge is 2.10. The standard InChI is InChI=1S/C25H32O4/c1-20(19-21-10-14-23(27)15-11-21)22-12-16-24(17-13-22)29-25(28)9-7-5-3-2-4-6-8-18-26/h10-12,14-18,27H,2-9,13,19H2,1H3. The summed E-state index contributed by atoms with van der Waals surface area (Å²) in [5.74, 6) is 0.737. The summed E-state index contributed by atoms with van der Waals surface area (Å²) in [5, 5.41) is 9.38. The number of aldehydes is 1. The Kier molecular flexibility index (Phi) is 9.98.